The summed E-state index contributed by atoms with van der Waals surface area (Å²) in [6.45, 7) is 2.31. The van der Waals surface area contributed by atoms with Crippen LogP contribution in [0.1, 0.15) is 12.0 Å². The van der Waals surface area contributed by atoms with Gasteiger partial charge in [0.2, 0.25) is 0 Å². The van der Waals surface area contributed by atoms with Gasteiger partial charge >= 0.3 is 0 Å². The Kier molecular flexibility index (Phi) is 1.55. The van der Waals surface area contributed by atoms with Crippen molar-refractivity contribution in [2.45, 2.75) is 6.42 Å². The Morgan fingerprint density at radius 2 is 1.93 bits per heavy atom. The lowest BCUT2D eigenvalue weighted by Crippen LogP contribution is -2.22. The first-order valence-electron chi connectivity index (χ1n) is 5.12. The van der Waals surface area contributed by atoms with Crippen molar-refractivity contribution < 1.29 is 0 Å². The third kappa shape index (κ3) is 1.09. The van der Waals surface area contributed by atoms with E-state index in [4.69, 9.17) is 5.26 Å². The molecular weight excluding hydrogens is 172 g/mol. The van der Waals surface area contributed by atoms with Gasteiger partial charge in [0.05, 0.1) is 11.3 Å². The van der Waals surface area contributed by atoms with E-state index < -0.39 is 0 Å². The number of hydrogen-bond acceptors (Lipinski definition) is 2. The smallest absolute Gasteiger partial charge is 0.101 e. The van der Waals surface area contributed by atoms with Crippen LogP contribution >= 0.6 is 0 Å². The number of anilines is 1. The molecule has 1 aromatic carbocycles. The molecule has 1 aliphatic carbocycles. The molecule has 2 atom stereocenters. The van der Waals surface area contributed by atoms with Gasteiger partial charge in [-0.1, -0.05) is 12.1 Å². The standard InChI is InChI=1S/C12H12N2/c13-6-9-3-1-2-4-12(9)14-7-10-5-11(10)8-14/h1-4,10-11H,5,7-8H2/t10-,11+. The Morgan fingerprint density at radius 3 is 2.64 bits per heavy atom. The molecule has 0 bridgehead atoms. The predicted molar refractivity (Wildman–Crippen MR) is 55.0 cm³/mol. The summed E-state index contributed by atoms with van der Waals surface area (Å²) in [5.41, 5.74) is 1.94. The van der Waals surface area contributed by atoms with E-state index >= 15 is 0 Å². The van der Waals surface area contributed by atoms with Crippen LogP contribution in [0.15, 0.2) is 24.3 Å². The molecule has 1 aliphatic heterocycles. The zero-order chi connectivity index (χ0) is 9.54. The first-order valence-corrected chi connectivity index (χ1v) is 5.12. The van der Waals surface area contributed by atoms with Crippen LogP contribution in [0.2, 0.25) is 0 Å². The minimum atomic E-state index is 0.814. The Bertz CT molecular complexity index is 395. The Morgan fingerprint density at radius 1 is 1.21 bits per heavy atom. The molecule has 1 saturated heterocycles. The Balaban J connectivity index is 1.92. The number of hydrogen-bond donors (Lipinski definition) is 0. The van der Waals surface area contributed by atoms with Crippen molar-refractivity contribution in [2.24, 2.45) is 11.8 Å². The van der Waals surface area contributed by atoms with E-state index in [1.54, 1.807) is 0 Å². The molecule has 0 spiro atoms. The summed E-state index contributed by atoms with van der Waals surface area (Å²) in [4.78, 5) is 2.36. The first-order chi connectivity index (χ1) is 6.88. The van der Waals surface area contributed by atoms with Gasteiger partial charge in [-0.05, 0) is 30.4 Å². The fraction of sp³-hybridized carbons (Fsp3) is 0.417. The van der Waals surface area contributed by atoms with Crippen molar-refractivity contribution in [3.8, 4) is 6.07 Å². The van der Waals surface area contributed by atoms with Crippen molar-refractivity contribution in [3.05, 3.63) is 29.8 Å². The fourth-order valence-corrected chi connectivity index (χ4v) is 2.44. The summed E-state index contributed by atoms with van der Waals surface area (Å²) in [6, 6.07) is 10.2. The first kappa shape index (κ1) is 7.87. The van der Waals surface area contributed by atoms with Crippen LogP contribution in [0.4, 0.5) is 5.69 Å². The highest BCUT2D eigenvalue weighted by Crippen LogP contribution is 2.46. The number of benzene rings is 1. The third-order valence-corrected chi connectivity index (χ3v) is 3.34. The summed E-state index contributed by atoms with van der Waals surface area (Å²) in [5.74, 6) is 1.84. The van der Waals surface area contributed by atoms with Crippen molar-refractivity contribution >= 4 is 5.69 Å². The highest BCUT2D eigenvalue weighted by Gasteiger charge is 2.45. The van der Waals surface area contributed by atoms with Gasteiger partial charge in [0.1, 0.15) is 6.07 Å². The van der Waals surface area contributed by atoms with E-state index in [2.05, 4.69) is 17.0 Å². The quantitative estimate of drug-likeness (QED) is 0.667. The fourth-order valence-electron chi connectivity index (χ4n) is 2.44. The van der Waals surface area contributed by atoms with Crippen LogP contribution in [-0.2, 0) is 0 Å². The maximum Gasteiger partial charge on any atom is 0.101 e. The SMILES string of the molecule is N#Cc1ccccc1N1C[C@H]2C[C@H]2C1. The van der Waals surface area contributed by atoms with Gasteiger partial charge < -0.3 is 4.90 Å². The molecule has 2 nitrogen and oxygen atoms in total. The zero-order valence-electron chi connectivity index (χ0n) is 7.98. The van der Waals surface area contributed by atoms with E-state index in [0.717, 1.165) is 36.2 Å². The molecule has 0 N–H and O–H groups in total. The highest BCUT2D eigenvalue weighted by molar-refractivity contribution is 5.60. The molecular formula is C12H12N2. The number of nitrogens with zero attached hydrogens (tertiary/aromatic N) is 2. The molecule has 2 fully saturated rings. The molecule has 70 valence electrons. The van der Waals surface area contributed by atoms with E-state index in [1.165, 1.54) is 6.42 Å². The average Bonchev–Trinajstić information content (AvgIpc) is 2.86. The number of rotatable bonds is 1. The van der Waals surface area contributed by atoms with E-state index in [1.807, 2.05) is 18.2 Å². The topological polar surface area (TPSA) is 27.0 Å². The zero-order valence-corrected chi connectivity index (χ0v) is 7.98. The van der Waals surface area contributed by atoms with Gasteiger partial charge in [0.15, 0.2) is 0 Å². The Labute approximate surface area is 83.8 Å². The van der Waals surface area contributed by atoms with Gasteiger partial charge in [-0.2, -0.15) is 5.26 Å². The second kappa shape index (κ2) is 2.75. The maximum atomic E-state index is 8.98. The molecule has 1 saturated carbocycles. The summed E-state index contributed by atoms with van der Waals surface area (Å²) < 4.78 is 0. The number of fused-ring (bicyclic) bond motifs is 1. The number of piperidine rings is 1. The molecule has 3 rings (SSSR count). The van der Waals surface area contributed by atoms with Gasteiger partial charge in [-0.3, -0.25) is 0 Å². The van der Waals surface area contributed by atoms with Gasteiger partial charge in [-0.25, -0.2) is 0 Å². The second-order valence-electron chi connectivity index (χ2n) is 4.29. The van der Waals surface area contributed by atoms with Crippen LogP contribution in [-0.4, -0.2) is 13.1 Å². The predicted octanol–water partition coefficient (Wildman–Crippen LogP) is 2.01. The summed E-state index contributed by atoms with van der Waals surface area (Å²) >= 11 is 0. The molecule has 2 heteroatoms. The van der Waals surface area contributed by atoms with Crippen molar-refractivity contribution in [3.63, 3.8) is 0 Å². The maximum absolute atomic E-state index is 8.98. The molecule has 1 aromatic rings. The second-order valence-corrected chi connectivity index (χ2v) is 4.29. The van der Waals surface area contributed by atoms with Crippen LogP contribution in [0.25, 0.3) is 0 Å². The third-order valence-electron chi connectivity index (χ3n) is 3.34. The molecule has 0 amide bonds. The molecule has 0 aromatic heterocycles. The van der Waals surface area contributed by atoms with Crippen LogP contribution in [0.3, 0.4) is 0 Å². The van der Waals surface area contributed by atoms with Gasteiger partial charge in [-0.15, -0.1) is 0 Å². The van der Waals surface area contributed by atoms with Crippen LogP contribution in [0, 0.1) is 23.2 Å². The molecule has 1 heterocycles. The Hall–Kier alpha value is -1.49. The van der Waals surface area contributed by atoms with E-state index in [-0.39, 0.29) is 0 Å². The van der Waals surface area contributed by atoms with Crippen molar-refractivity contribution in [1.29, 1.82) is 5.26 Å². The average molecular weight is 184 g/mol. The van der Waals surface area contributed by atoms with Crippen LogP contribution < -0.4 is 4.90 Å². The summed E-state index contributed by atoms with van der Waals surface area (Å²) in [6.07, 6.45) is 1.41. The molecule has 2 aliphatic rings. The van der Waals surface area contributed by atoms with E-state index in [9.17, 15) is 0 Å². The van der Waals surface area contributed by atoms with Gasteiger partial charge in [0, 0.05) is 13.1 Å². The van der Waals surface area contributed by atoms with Crippen molar-refractivity contribution in [1.82, 2.24) is 0 Å². The normalized spacial score (nSPS) is 28.4. The van der Waals surface area contributed by atoms with Crippen LogP contribution in [0.5, 0.6) is 0 Å². The van der Waals surface area contributed by atoms with Gasteiger partial charge in [0.25, 0.3) is 0 Å². The minimum Gasteiger partial charge on any atom is -0.370 e. The monoisotopic (exact) mass is 184 g/mol. The highest BCUT2D eigenvalue weighted by atomic mass is 15.2. The van der Waals surface area contributed by atoms with E-state index in [0.29, 0.717) is 0 Å². The lowest BCUT2D eigenvalue weighted by Gasteiger charge is -2.21. The molecule has 0 radical (unpaired) electrons. The minimum absolute atomic E-state index is 0.814. The number of para-hydroxylation sites is 1. The summed E-state index contributed by atoms with van der Waals surface area (Å²) in [5, 5.41) is 8.98. The lowest BCUT2D eigenvalue weighted by atomic mass is 10.2. The molecule has 0 unspecified atom stereocenters. The summed E-state index contributed by atoms with van der Waals surface area (Å²) in [7, 11) is 0. The largest absolute Gasteiger partial charge is 0.370 e. The molecule has 14 heavy (non-hydrogen) atoms. The number of nitriles is 1. The lowest BCUT2D eigenvalue weighted by molar-refractivity contribution is 0.818. The van der Waals surface area contributed by atoms with Crippen molar-refractivity contribution in [2.75, 3.05) is 18.0 Å².